The molecule has 1 amide bonds. The second-order valence-corrected chi connectivity index (χ2v) is 6.20. The van der Waals surface area contributed by atoms with Gasteiger partial charge in [0.1, 0.15) is 0 Å². The lowest BCUT2D eigenvalue weighted by Gasteiger charge is -2.30. The third-order valence-corrected chi connectivity index (χ3v) is 4.42. The first kappa shape index (κ1) is 12.5. The van der Waals surface area contributed by atoms with Gasteiger partial charge in [0.05, 0.1) is 5.41 Å². The summed E-state index contributed by atoms with van der Waals surface area (Å²) in [5, 5.41) is 6.95. The largest absolute Gasteiger partial charge is 0.316 e. The lowest BCUT2D eigenvalue weighted by molar-refractivity contribution is -0.126. The topological polar surface area (TPSA) is 54.0 Å². The number of thiazole rings is 1. The molecule has 1 aliphatic rings. The Morgan fingerprint density at radius 2 is 2.41 bits per heavy atom. The molecule has 4 nitrogen and oxygen atoms in total. The number of nitrogens with one attached hydrogen (secondary N) is 2. The number of hydrogen-bond acceptors (Lipinski definition) is 4. The molecule has 2 N–H and O–H groups in total. The van der Waals surface area contributed by atoms with E-state index >= 15 is 0 Å². The molecular formula is C12H19N3OS. The predicted octanol–water partition coefficient (Wildman–Crippen LogP) is 2.03. The molecule has 5 heteroatoms. The van der Waals surface area contributed by atoms with E-state index in [4.69, 9.17) is 0 Å². The van der Waals surface area contributed by atoms with Gasteiger partial charge in [0.25, 0.3) is 0 Å². The summed E-state index contributed by atoms with van der Waals surface area (Å²) in [7, 11) is 0. The van der Waals surface area contributed by atoms with Crippen LogP contribution in [0.4, 0.5) is 5.13 Å². The number of aromatic nitrogens is 1. The van der Waals surface area contributed by atoms with Gasteiger partial charge >= 0.3 is 0 Å². The van der Waals surface area contributed by atoms with Crippen molar-refractivity contribution in [3.63, 3.8) is 0 Å². The highest BCUT2D eigenvalue weighted by molar-refractivity contribution is 7.15. The normalized spacial score (nSPS) is 24.2. The Labute approximate surface area is 106 Å². The van der Waals surface area contributed by atoms with Crippen LogP contribution in [0.2, 0.25) is 0 Å². The molecule has 0 saturated carbocycles. The molecule has 0 aromatic carbocycles. The number of amides is 1. The van der Waals surface area contributed by atoms with Gasteiger partial charge in [-0.3, -0.25) is 4.79 Å². The summed E-state index contributed by atoms with van der Waals surface area (Å²) in [5.74, 6) is 0.436. The SMILES string of the molecule is Cc1cnc(NC(=O)C2(C(C)C)CCNC2)s1. The number of carbonyl (C=O) groups excluding carboxylic acids is 1. The maximum absolute atomic E-state index is 12.4. The summed E-state index contributed by atoms with van der Waals surface area (Å²) >= 11 is 1.52. The lowest BCUT2D eigenvalue weighted by atomic mass is 9.75. The molecule has 1 saturated heterocycles. The van der Waals surface area contributed by atoms with Gasteiger partial charge in [0.2, 0.25) is 5.91 Å². The van der Waals surface area contributed by atoms with E-state index in [9.17, 15) is 4.79 Å². The number of nitrogens with zero attached hydrogens (tertiary/aromatic N) is 1. The first-order chi connectivity index (χ1) is 8.04. The van der Waals surface area contributed by atoms with Crippen LogP contribution in [0.25, 0.3) is 0 Å². The first-order valence-electron chi connectivity index (χ1n) is 5.99. The van der Waals surface area contributed by atoms with E-state index in [-0.39, 0.29) is 11.3 Å². The molecule has 0 bridgehead atoms. The Bertz CT molecular complexity index is 408. The molecule has 17 heavy (non-hydrogen) atoms. The van der Waals surface area contributed by atoms with E-state index in [1.165, 1.54) is 11.3 Å². The molecule has 2 rings (SSSR count). The Kier molecular flexibility index (Phi) is 3.49. The van der Waals surface area contributed by atoms with Gasteiger partial charge in [-0.05, 0) is 25.8 Å². The molecule has 0 spiro atoms. The summed E-state index contributed by atoms with van der Waals surface area (Å²) in [6.45, 7) is 7.89. The molecular weight excluding hydrogens is 234 g/mol. The smallest absolute Gasteiger partial charge is 0.233 e. The number of aryl methyl sites for hydroxylation is 1. The summed E-state index contributed by atoms with van der Waals surface area (Å²) in [6, 6.07) is 0. The van der Waals surface area contributed by atoms with Gasteiger partial charge < -0.3 is 10.6 Å². The Hall–Kier alpha value is -0.940. The van der Waals surface area contributed by atoms with Crippen LogP contribution in [-0.2, 0) is 4.79 Å². The highest BCUT2D eigenvalue weighted by Gasteiger charge is 2.44. The summed E-state index contributed by atoms with van der Waals surface area (Å²) in [6.07, 6.45) is 2.69. The van der Waals surface area contributed by atoms with Gasteiger partial charge in [-0.1, -0.05) is 13.8 Å². The maximum Gasteiger partial charge on any atom is 0.233 e. The zero-order chi connectivity index (χ0) is 12.5. The van der Waals surface area contributed by atoms with Gasteiger partial charge in [0, 0.05) is 17.6 Å². The fraction of sp³-hybridized carbons (Fsp3) is 0.667. The number of anilines is 1. The summed E-state index contributed by atoms with van der Waals surface area (Å²) in [4.78, 5) is 17.7. The Balaban J connectivity index is 2.12. The van der Waals surface area contributed by atoms with Gasteiger partial charge in [0.15, 0.2) is 5.13 Å². The standard InChI is InChI=1S/C12H19N3OS/c1-8(2)12(4-5-13-7-12)10(16)15-11-14-6-9(3)17-11/h6,8,13H,4-5,7H2,1-3H3,(H,14,15,16). The average molecular weight is 253 g/mol. The van der Waals surface area contributed by atoms with Crippen LogP contribution in [0.5, 0.6) is 0 Å². The van der Waals surface area contributed by atoms with Crippen LogP contribution >= 0.6 is 11.3 Å². The minimum absolute atomic E-state index is 0.104. The Morgan fingerprint density at radius 1 is 1.65 bits per heavy atom. The van der Waals surface area contributed by atoms with Crippen molar-refractivity contribution in [2.75, 3.05) is 18.4 Å². The second kappa shape index (κ2) is 4.74. The van der Waals surface area contributed by atoms with E-state index < -0.39 is 0 Å². The van der Waals surface area contributed by atoms with Gasteiger partial charge in [-0.25, -0.2) is 4.98 Å². The molecule has 2 heterocycles. The number of carbonyl (C=O) groups is 1. The summed E-state index contributed by atoms with van der Waals surface area (Å²) in [5.41, 5.74) is -0.278. The number of rotatable bonds is 3. The van der Waals surface area contributed by atoms with Gasteiger partial charge in [-0.2, -0.15) is 0 Å². The van der Waals surface area contributed by atoms with Crippen molar-refractivity contribution in [1.82, 2.24) is 10.3 Å². The molecule has 0 aliphatic carbocycles. The molecule has 94 valence electrons. The quantitative estimate of drug-likeness (QED) is 0.866. The van der Waals surface area contributed by atoms with E-state index in [1.807, 2.05) is 6.92 Å². The molecule has 1 aromatic rings. The molecule has 1 aliphatic heterocycles. The third-order valence-electron chi connectivity index (χ3n) is 3.59. The van der Waals surface area contributed by atoms with Crippen LogP contribution in [-0.4, -0.2) is 24.0 Å². The van der Waals surface area contributed by atoms with Crippen molar-refractivity contribution < 1.29 is 4.79 Å². The monoisotopic (exact) mass is 253 g/mol. The zero-order valence-electron chi connectivity index (χ0n) is 10.5. The highest BCUT2D eigenvalue weighted by Crippen LogP contribution is 2.35. The molecule has 1 fully saturated rings. The molecule has 1 unspecified atom stereocenters. The van der Waals surface area contributed by atoms with Gasteiger partial charge in [-0.15, -0.1) is 11.3 Å². The first-order valence-corrected chi connectivity index (χ1v) is 6.81. The molecule has 0 radical (unpaired) electrons. The van der Waals surface area contributed by atoms with Crippen molar-refractivity contribution in [2.45, 2.75) is 27.2 Å². The van der Waals surface area contributed by atoms with Crippen LogP contribution in [0.1, 0.15) is 25.1 Å². The zero-order valence-corrected chi connectivity index (χ0v) is 11.4. The van der Waals surface area contributed by atoms with Crippen LogP contribution in [0.3, 0.4) is 0 Å². The second-order valence-electron chi connectivity index (χ2n) is 4.97. The molecule has 1 aromatic heterocycles. The van der Waals surface area contributed by atoms with E-state index in [0.717, 1.165) is 24.4 Å². The van der Waals surface area contributed by atoms with E-state index in [1.54, 1.807) is 6.20 Å². The number of hydrogen-bond donors (Lipinski definition) is 2. The Morgan fingerprint density at radius 3 is 2.88 bits per heavy atom. The van der Waals surface area contributed by atoms with Crippen LogP contribution in [0.15, 0.2) is 6.20 Å². The van der Waals surface area contributed by atoms with E-state index in [2.05, 4.69) is 29.5 Å². The van der Waals surface area contributed by atoms with Crippen LogP contribution < -0.4 is 10.6 Å². The average Bonchev–Trinajstić information content (AvgIpc) is 2.87. The minimum atomic E-state index is -0.278. The van der Waals surface area contributed by atoms with Crippen LogP contribution in [0, 0.1) is 18.3 Å². The van der Waals surface area contributed by atoms with Crippen molar-refractivity contribution >= 4 is 22.4 Å². The lowest BCUT2D eigenvalue weighted by Crippen LogP contribution is -2.42. The summed E-state index contributed by atoms with van der Waals surface area (Å²) < 4.78 is 0. The van der Waals surface area contributed by atoms with Crippen molar-refractivity contribution in [3.8, 4) is 0 Å². The van der Waals surface area contributed by atoms with Crippen molar-refractivity contribution in [1.29, 1.82) is 0 Å². The fourth-order valence-corrected chi connectivity index (χ4v) is 2.95. The van der Waals surface area contributed by atoms with E-state index in [0.29, 0.717) is 11.0 Å². The molecule has 1 atom stereocenters. The highest BCUT2D eigenvalue weighted by atomic mass is 32.1. The minimum Gasteiger partial charge on any atom is -0.316 e. The fourth-order valence-electron chi connectivity index (χ4n) is 2.29. The van der Waals surface area contributed by atoms with Crippen molar-refractivity contribution in [3.05, 3.63) is 11.1 Å². The maximum atomic E-state index is 12.4. The predicted molar refractivity (Wildman–Crippen MR) is 70.2 cm³/mol. The van der Waals surface area contributed by atoms with Crippen molar-refractivity contribution in [2.24, 2.45) is 11.3 Å². The third kappa shape index (κ3) is 2.35.